The van der Waals surface area contributed by atoms with Crippen molar-refractivity contribution in [3.63, 3.8) is 0 Å². The summed E-state index contributed by atoms with van der Waals surface area (Å²) in [5.41, 5.74) is 8.76. The maximum Gasteiger partial charge on any atom is 0.0867 e. The Hall–Kier alpha value is -2.97. The molecule has 0 atom stereocenters. The van der Waals surface area contributed by atoms with Gasteiger partial charge in [0.05, 0.1) is 20.6 Å². The zero-order chi connectivity index (χ0) is 21.3. The van der Waals surface area contributed by atoms with Crippen LogP contribution in [0.3, 0.4) is 0 Å². The predicted molar refractivity (Wildman–Crippen MR) is 127 cm³/mol. The highest BCUT2D eigenvalue weighted by Crippen LogP contribution is 2.38. The van der Waals surface area contributed by atoms with Crippen LogP contribution in [0.25, 0.3) is 22.3 Å². The Kier molecular flexibility index (Phi) is 5.69. The first-order valence-corrected chi connectivity index (χ1v) is 11.4. The Morgan fingerprint density at radius 2 is 0.867 bits per heavy atom. The minimum Gasteiger partial charge on any atom is -0.249 e. The van der Waals surface area contributed by atoms with Crippen molar-refractivity contribution in [3.8, 4) is 22.3 Å². The van der Waals surface area contributed by atoms with E-state index in [-0.39, 0.29) is 0 Å². The van der Waals surface area contributed by atoms with Gasteiger partial charge in [0.15, 0.2) is 0 Å². The van der Waals surface area contributed by atoms with Gasteiger partial charge in [-0.1, -0.05) is 84.9 Å². The quantitative estimate of drug-likeness (QED) is 0.342. The SMILES string of the molecule is Cc1ccc(-c2ccccc2)c(S(=O)c2c(-c3ccccc3)ccc(C)c2C)c1C. The minimum absolute atomic E-state index is 0.909. The topological polar surface area (TPSA) is 17.1 Å². The van der Waals surface area contributed by atoms with E-state index in [4.69, 9.17) is 0 Å². The lowest BCUT2D eigenvalue weighted by Gasteiger charge is -2.19. The molecule has 2 heteroatoms. The van der Waals surface area contributed by atoms with Gasteiger partial charge >= 0.3 is 0 Å². The van der Waals surface area contributed by atoms with Crippen molar-refractivity contribution in [2.75, 3.05) is 0 Å². The molecular weight excluding hydrogens is 384 g/mol. The number of hydrogen-bond acceptors (Lipinski definition) is 1. The van der Waals surface area contributed by atoms with E-state index in [1.54, 1.807) is 0 Å². The molecule has 0 heterocycles. The molecule has 0 bridgehead atoms. The number of hydrogen-bond donors (Lipinski definition) is 0. The summed E-state index contributed by atoms with van der Waals surface area (Å²) < 4.78 is 14.3. The third kappa shape index (κ3) is 3.64. The average molecular weight is 411 g/mol. The molecule has 0 aliphatic carbocycles. The first-order chi connectivity index (χ1) is 14.5. The molecule has 150 valence electrons. The monoisotopic (exact) mass is 410 g/mol. The van der Waals surface area contributed by atoms with Gasteiger partial charge in [0.25, 0.3) is 0 Å². The van der Waals surface area contributed by atoms with Gasteiger partial charge in [-0.05, 0) is 72.2 Å². The lowest BCUT2D eigenvalue weighted by atomic mass is 10.00. The van der Waals surface area contributed by atoms with Crippen molar-refractivity contribution in [1.82, 2.24) is 0 Å². The van der Waals surface area contributed by atoms with E-state index in [0.29, 0.717) is 0 Å². The largest absolute Gasteiger partial charge is 0.249 e. The molecule has 0 saturated carbocycles. The van der Waals surface area contributed by atoms with Gasteiger partial charge in [0, 0.05) is 0 Å². The van der Waals surface area contributed by atoms with Crippen LogP contribution in [0.2, 0.25) is 0 Å². The second-order valence-corrected chi connectivity index (χ2v) is 9.12. The zero-order valence-corrected chi connectivity index (χ0v) is 18.7. The summed E-state index contributed by atoms with van der Waals surface area (Å²) >= 11 is 0. The van der Waals surface area contributed by atoms with Crippen LogP contribution in [0.1, 0.15) is 22.3 Å². The van der Waals surface area contributed by atoms with Crippen LogP contribution in [0.15, 0.2) is 94.7 Å². The Morgan fingerprint density at radius 3 is 1.23 bits per heavy atom. The molecule has 4 aromatic carbocycles. The molecule has 0 unspecified atom stereocenters. The number of rotatable bonds is 4. The van der Waals surface area contributed by atoms with Crippen molar-refractivity contribution >= 4 is 10.8 Å². The molecule has 0 aliphatic rings. The van der Waals surface area contributed by atoms with E-state index in [1.165, 1.54) is 0 Å². The Bertz CT molecular complexity index is 1130. The maximum absolute atomic E-state index is 14.3. The van der Waals surface area contributed by atoms with Gasteiger partial charge < -0.3 is 0 Å². The third-order valence-corrected chi connectivity index (χ3v) is 7.69. The summed E-state index contributed by atoms with van der Waals surface area (Å²) in [5, 5.41) is 0. The first kappa shape index (κ1) is 20.3. The lowest BCUT2D eigenvalue weighted by Crippen LogP contribution is -2.05. The van der Waals surface area contributed by atoms with Crippen molar-refractivity contribution in [2.24, 2.45) is 0 Å². The Balaban J connectivity index is 2.00. The molecule has 0 amide bonds. The van der Waals surface area contributed by atoms with Crippen LogP contribution < -0.4 is 0 Å². The fraction of sp³-hybridized carbons (Fsp3) is 0.143. The molecule has 0 aliphatic heterocycles. The van der Waals surface area contributed by atoms with Crippen molar-refractivity contribution in [3.05, 3.63) is 107 Å². The fourth-order valence-corrected chi connectivity index (χ4v) is 5.70. The molecule has 0 N–H and O–H groups in total. The summed E-state index contributed by atoms with van der Waals surface area (Å²) in [5.74, 6) is 0. The molecule has 0 aromatic heterocycles. The molecule has 0 saturated heterocycles. The van der Waals surface area contributed by atoms with Crippen molar-refractivity contribution in [2.45, 2.75) is 37.5 Å². The van der Waals surface area contributed by atoms with E-state index >= 15 is 0 Å². The lowest BCUT2D eigenvalue weighted by molar-refractivity contribution is 0.682. The Morgan fingerprint density at radius 1 is 0.500 bits per heavy atom. The highest BCUT2D eigenvalue weighted by Gasteiger charge is 2.23. The third-order valence-electron chi connectivity index (χ3n) is 5.89. The molecular formula is C28H26OS. The minimum atomic E-state index is -1.31. The fourth-order valence-electron chi connectivity index (χ4n) is 3.85. The van der Waals surface area contributed by atoms with E-state index in [0.717, 1.165) is 54.3 Å². The van der Waals surface area contributed by atoms with Gasteiger partial charge in [0.1, 0.15) is 0 Å². The predicted octanol–water partition coefficient (Wildman–Crippen LogP) is 7.42. The second kappa shape index (κ2) is 8.41. The summed E-state index contributed by atoms with van der Waals surface area (Å²) in [6.07, 6.45) is 0. The van der Waals surface area contributed by atoms with Crippen LogP contribution in [-0.2, 0) is 10.8 Å². The smallest absolute Gasteiger partial charge is 0.0867 e. The van der Waals surface area contributed by atoms with E-state index in [1.807, 2.05) is 36.4 Å². The van der Waals surface area contributed by atoms with Crippen molar-refractivity contribution < 1.29 is 4.21 Å². The summed E-state index contributed by atoms with van der Waals surface area (Å²) in [7, 11) is -1.31. The molecule has 1 nitrogen and oxygen atoms in total. The molecule has 30 heavy (non-hydrogen) atoms. The zero-order valence-electron chi connectivity index (χ0n) is 17.9. The first-order valence-electron chi connectivity index (χ1n) is 10.2. The summed E-state index contributed by atoms with van der Waals surface area (Å²) in [4.78, 5) is 1.82. The van der Waals surface area contributed by atoms with Gasteiger partial charge in [0.2, 0.25) is 0 Å². The summed E-state index contributed by atoms with van der Waals surface area (Å²) in [6, 6.07) is 29.0. The Labute approximate surface area is 181 Å². The second-order valence-electron chi connectivity index (χ2n) is 7.77. The highest BCUT2D eigenvalue weighted by molar-refractivity contribution is 7.85. The number of aryl methyl sites for hydroxylation is 2. The molecule has 4 aromatic rings. The highest BCUT2D eigenvalue weighted by atomic mass is 32.2. The molecule has 0 spiro atoms. The van der Waals surface area contributed by atoms with Crippen LogP contribution in [0, 0.1) is 27.7 Å². The van der Waals surface area contributed by atoms with Gasteiger partial charge in [-0.2, -0.15) is 0 Å². The van der Waals surface area contributed by atoms with Gasteiger partial charge in [-0.25, -0.2) is 4.21 Å². The normalized spacial score (nSPS) is 11.1. The standard InChI is InChI=1S/C28H26OS/c1-19-15-17-25(23-11-7-5-8-12-23)27(21(19)3)30(29)28-22(4)20(2)16-18-26(28)24-13-9-6-10-14-24/h5-18H,1-4H3. The van der Waals surface area contributed by atoms with E-state index in [2.05, 4.69) is 76.2 Å². The maximum atomic E-state index is 14.3. The van der Waals surface area contributed by atoms with Gasteiger partial charge in [-0.15, -0.1) is 0 Å². The van der Waals surface area contributed by atoms with Crippen LogP contribution in [0.5, 0.6) is 0 Å². The van der Waals surface area contributed by atoms with Crippen LogP contribution in [-0.4, -0.2) is 4.21 Å². The number of benzene rings is 4. The van der Waals surface area contributed by atoms with E-state index in [9.17, 15) is 4.21 Å². The van der Waals surface area contributed by atoms with Gasteiger partial charge in [-0.3, -0.25) is 0 Å². The average Bonchev–Trinajstić information content (AvgIpc) is 2.78. The molecule has 0 fully saturated rings. The van der Waals surface area contributed by atoms with Crippen molar-refractivity contribution in [1.29, 1.82) is 0 Å². The van der Waals surface area contributed by atoms with Crippen LogP contribution >= 0.6 is 0 Å². The van der Waals surface area contributed by atoms with Crippen LogP contribution in [0.4, 0.5) is 0 Å². The molecule has 0 radical (unpaired) electrons. The summed E-state index contributed by atoms with van der Waals surface area (Å²) in [6.45, 7) is 8.35. The molecule has 4 rings (SSSR count). The van der Waals surface area contributed by atoms with E-state index < -0.39 is 10.8 Å².